The smallest absolute Gasteiger partial charge is 0.387 e. The topological polar surface area (TPSA) is 46.5 Å². The number of hydrogen-bond donors (Lipinski definition) is 1. The van der Waals surface area contributed by atoms with E-state index in [-0.39, 0.29) is 0 Å². The summed E-state index contributed by atoms with van der Waals surface area (Å²) in [6.07, 6.45) is -3.73. The van der Waals surface area contributed by atoms with E-state index in [2.05, 4.69) is 11.3 Å². The molecule has 0 bridgehead atoms. The van der Waals surface area contributed by atoms with Crippen LogP contribution in [0.2, 0.25) is 0 Å². The molecule has 0 aromatic heterocycles. The van der Waals surface area contributed by atoms with Crippen LogP contribution in [0.5, 0.6) is 0 Å². The quantitative estimate of drug-likeness (QED) is 0.0945. The van der Waals surface area contributed by atoms with Crippen molar-refractivity contribution in [2.75, 3.05) is 13.2 Å². The SMILES string of the molecule is C=C(CO)C(=O)OCCCC(F)(F)C(F)(F)C(F)(F)C(F)(F)C(F)(F)C(F)(F)I. The lowest BCUT2D eigenvalue weighted by Gasteiger charge is -2.40. The molecule has 172 valence electrons. The molecule has 0 aromatic rings. The van der Waals surface area contributed by atoms with Gasteiger partial charge in [0, 0.05) is 29.0 Å². The minimum absolute atomic E-state index is 0.602. The van der Waals surface area contributed by atoms with E-state index in [4.69, 9.17) is 5.11 Å². The molecule has 0 fully saturated rings. The second-order valence-corrected chi connectivity index (χ2v) is 6.86. The molecule has 1 N–H and O–H groups in total. The van der Waals surface area contributed by atoms with Crippen molar-refractivity contribution in [2.45, 2.75) is 46.4 Å². The Labute approximate surface area is 168 Å². The van der Waals surface area contributed by atoms with Crippen LogP contribution in [0.15, 0.2) is 12.2 Å². The maximum absolute atomic E-state index is 13.5. The minimum Gasteiger partial charge on any atom is -0.462 e. The highest BCUT2D eigenvalue weighted by atomic mass is 127. The van der Waals surface area contributed by atoms with Crippen molar-refractivity contribution >= 4 is 28.6 Å². The van der Waals surface area contributed by atoms with E-state index >= 15 is 0 Å². The highest BCUT2D eigenvalue weighted by Gasteiger charge is 2.89. The van der Waals surface area contributed by atoms with Crippen LogP contribution in [0.1, 0.15) is 12.8 Å². The van der Waals surface area contributed by atoms with Crippen LogP contribution in [0, 0.1) is 0 Å². The van der Waals surface area contributed by atoms with E-state index in [0.29, 0.717) is 0 Å². The molecule has 0 spiro atoms. The van der Waals surface area contributed by atoms with Gasteiger partial charge in [-0.3, -0.25) is 0 Å². The second-order valence-electron chi connectivity index (χ2n) is 5.50. The van der Waals surface area contributed by atoms with E-state index in [9.17, 15) is 57.5 Å². The summed E-state index contributed by atoms with van der Waals surface area (Å²) in [5.74, 6) is -37.0. The molecule has 16 heteroatoms. The van der Waals surface area contributed by atoms with Crippen LogP contribution in [0.3, 0.4) is 0 Å². The zero-order valence-electron chi connectivity index (χ0n) is 13.7. The molecule has 0 unspecified atom stereocenters. The number of alkyl halides is 13. The van der Waals surface area contributed by atoms with Gasteiger partial charge in [-0.2, -0.15) is 52.7 Å². The predicted molar refractivity (Wildman–Crippen MR) is 80.1 cm³/mol. The zero-order chi connectivity index (χ0) is 23.7. The Bertz CT molecular complexity index is 615. The van der Waals surface area contributed by atoms with Crippen molar-refractivity contribution in [2.24, 2.45) is 0 Å². The minimum atomic E-state index is -7.61. The highest BCUT2D eigenvalue weighted by molar-refractivity contribution is 14.1. The first-order valence-electron chi connectivity index (χ1n) is 7.03. The Balaban J connectivity index is 5.55. The third-order valence-corrected chi connectivity index (χ3v) is 4.02. The molecule has 0 saturated carbocycles. The molecule has 0 heterocycles. The lowest BCUT2D eigenvalue weighted by atomic mass is 9.92. The largest absolute Gasteiger partial charge is 0.462 e. The fourth-order valence-corrected chi connectivity index (χ4v) is 1.92. The average molecular weight is 570 g/mol. The van der Waals surface area contributed by atoms with E-state index in [1.54, 1.807) is 0 Å². The summed E-state index contributed by atoms with van der Waals surface area (Å²) in [6, 6.07) is 0. The Morgan fingerprint density at radius 1 is 0.828 bits per heavy atom. The predicted octanol–water partition coefficient (Wildman–Crippen LogP) is 5.06. The third-order valence-electron chi connectivity index (χ3n) is 3.35. The molecule has 0 aliphatic heterocycles. The van der Waals surface area contributed by atoms with E-state index < -0.39 is 93.7 Å². The van der Waals surface area contributed by atoms with Gasteiger partial charge in [0.15, 0.2) is 0 Å². The first-order chi connectivity index (χ1) is 12.6. The number of hydrogen-bond acceptors (Lipinski definition) is 3. The molecular weight excluding hydrogens is 559 g/mol. The maximum Gasteiger partial charge on any atom is 0.387 e. The zero-order valence-corrected chi connectivity index (χ0v) is 15.9. The molecule has 0 aromatic carbocycles. The summed E-state index contributed by atoms with van der Waals surface area (Å²) in [5, 5.41) is 8.50. The number of carbonyl (C=O) groups excluding carboxylic acids is 1. The summed E-state index contributed by atoms with van der Waals surface area (Å²) < 4.78 is 156. The van der Waals surface area contributed by atoms with Crippen molar-refractivity contribution < 1.29 is 67.3 Å². The maximum atomic E-state index is 13.5. The van der Waals surface area contributed by atoms with Gasteiger partial charge < -0.3 is 9.84 Å². The first kappa shape index (κ1) is 28.1. The van der Waals surface area contributed by atoms with E-state index in [1.807, 2.05) is 0 Å². The molecule has 0 aliphatic carbocycles. The lowest BCUT2D eigenvalue weighted by molar-refractivity contribution is -0.414. The fraction of sp³-hybridized carbons (Fsp3) is 0.769. The number of ether oxygens (including phenoxy) is 1. The highest BCUT2D eigenvalue weighted by Crippen LogP contribution is 2.61. The summed E-state index contributed by atoms with van der Waals surface area (Å²) in [7, 11) is 0. The van der Waals surface area contributed by atoms with Crippen LogP contribution in [-0.4, -0.2) is 57.8 Å². The van der Waals surface area contributed by atoms with Gasteiger partial charge in [-0.05, 0) is 6.42 Å². The first-order valence-corrected chi connectivity index (χ1v) is 8.11. The summed E-state index contributed by atoms with van der Waals surface area (Å²) in [5.41, 5.74) is -0.602. The summed E-state index contributed by atoms with van der Waals surface area (Å²) >= 11 is -0.727. The summed E-state index contributed by atoms with van der Waals surface area (Å²) in [6.45, 7) is 0.834. The molecule has 0 amide bonds. The van der Waals surface area contributed by atoms with Crippen LogP contribution >= 0.6 is 22.6 Å². The Kier molecular flexibility index (Phi) is 8.38. The van der Waals surface area contributed by atoms with Crippen LogP contribution in [0.4, 0.5) is 52.7 Å². The molecular formula is C13H11F12IO3. The van der Waals surface area contributed by atoms with Gasteiger partial charge in [0.05, 0.1) is 18.8 Å². The monoisotopic (exact) mass is 570 g/mol. The Morgan fingerprint density at radius 2 is 1.24 bits per heavy atom. The lowest BCUT2D eigenvalue weighted by Crippen LogP contribution is -2.69. The molecule has 0 rings (SSSR count). The number of aliphatic hydroxyl groups excluding tert-OH is 1. The molecule has 0 atom stereocenters. The average Bonchev–Trinajstić information content (AvgIpc) is 2.55. The number of esters is 1. The normalized spacial score (nSPS) is 14.7. The van der Waals surface area contributed by atoms with Crippen molar-refractivity contribution in [3.63, 3.8) is 0 Å². The Morgan fingerprint density at radius 3 is 1.62 bits per heavy atom. The standard InChI is InChI=1S/C13H11F12IO3/c1-6(5-27)7(28)29-4-2-3-8(14,15)9(16,17)10(18,19)11(20,21)12(22,23)13(24,25)26/h27H,1-5H2. The summed E-state index contributed by atoms with van der Waals surface area (Å²) in [4.78, 5) is 11.0. The fourth-order valence-electron chi connectivity index (χ4n) is 1.58. The van der Waals surface area contributed by atoms with Crippen LogP contribution in [-0.2, 0) is 9.53 Å². The van der Waals surface area contributed by atoms with Crippen molar-refractivity contribution in [3.05, 3.63) is 12.2 Å². The van der Waals surface area contributed by atoms with Gasteiger partial charge >= 0.3 is 39.5 Å². The van der Waals surface area contributed by atoms with E-state index in [1.165, 1.54) is 0 Å². The molecule has 0 radical (unpaired) electrons. The van der Waals surface area contributed by atoms with Gasteiger partial charge in [-0.15, -0.1) is 0 Å². The van der Waals surface area contributed by atoms with Crippen LogP contribution in [0.25, 0.3) is 0 Å². The number of aliphatic hydroxyl groups is 1. The van der Waals surface area contributed by atoms with Crippen molar-refractivity contribution in [1.29, 1.82) is 0 Å². The molecule has 0 saturated heterocycles. The van der Waals surface area contributed by atoms with Gasteiger partial charge in [0.2, 0.25) is 0 Å². The number of halogens is 13. The Hall–Kier alpha value is -0.940. The van der Waals surface area contributed by atoms with Gasteiger partial charge in [-0.1, -0.05) is 6.58 Å². The van der Waals surface area contributed by atoms with Crippen molar-refractivity contribution in [3.8, 4) is 0 Å². The number of carbonyl (C=O) groups is 1. The molecule has 29 heavy (non-hydrogen) atoms. The number of rotatable bonds is 11. The van der Waals surface area contributed by atoms with E-state index in [0.717, 1.165) is 0 Å². The molecule has 3 nitrogen and oxygen atoms in total. The second kappa shape index (κ2) is 8.66. The van der Waals surface area contributed by atoms with Crippen LogP contribution < -0.4 is 0 Å². The van der Waals surface area contributed by atoms with Gasteiger partial charge in [0.25, 0.3) is 0 Å². The van der Waals surface area contributed by atoms with Gasteiger partial charge in [0.1, 0.15) is 0 Å². The van der Waals surface area contributed by atoms with Gasteiger partial charge in [-0.25, -0.2) is 4.79 Å². The molecule has 0 aliphatic rings. The third kappa shape index (κ3) is 5.04. The van der Waals surface area contributed by atoms with Crippen molar-refractivity contribution in [1.82, 2.24) is 0 Å².